The van der Waals surface area contributed by atoms with Crippen LogP contribution in [0.1, 0.15) is 39.2 Å². The molecule has 1 unspecified atom stereocenters. The molecule has 0 aromatic heterocycles. The molecule has 1 atom stereocenters. The molecular formula is C17H30N2O. The summed E-state index contributed by atoms with van der Waals surface area (Å²) in [7, 11) is 4.01. The molecule has 0 bridgehead atoms. The van der Waals surface area contributed by atoms with Gasteiger partial charge in [-0.3, -0.25) is 4.79 Å². The molecule has 0 aliphatic carbocycles. The molecule has 3 nitrogen and oxygen atoms in total. The fraction of sp³-hybridized carbons (Fsp3) is 0.588. The lowest BCUT2D eigenvalue weighted by Crippen LogP contribution is -2.36. The molecule has 3 heteroatoms. The Morgan fingerprint density at radius 3 is 2.15 bits per heavy atom. The maximum Gasteiger partial charge on any atom is 0.227 e. The van der Waals surface area contributed by atoms with Crippen molar-refractivity contribution in [1.29, 1.82) is 0 Å². The Bertz CT molecular complexity index is 361. The van der Waals surface area contributed by atoms with Gasteiger partial charge in [0.25, 0.3) is 0 Å². The van der Waals surface area contributed by atoms with Gasteiger partial charge < -0.3 is 10.2 Å². The van der Waals surface area contributed by atoms with Gasteiger partial charge in [0.1, 0.15) is 0 Å². The summed E-state index contributed by atoms with van der Waals surface area (Å²) in [6.07, 6.45) is 0. The first-order chi connectivity index (χ1) is 9.52. The first kappa shape index (κ1) is 18.7. The fourth-order valence-corrected chi connectivity index (χ4v) is 2.01. The van der Waals surface area contributed by atoms with Gasteiger partial charge in [-0.2, -0.15) is 0 Å². The van der Waals surface area contributed by atoms with Crippen molar-refractivity contribution in [3.63, 3.8) is 0 Å². The van der Waals surface area contributed by atoms with Crippen molar-refractivity contribution in [2.45, 2.75) is 33.6 Å². The quantitative estimate of drug-likeness (QED) is 0.867. The standard InChI is InChI=1S/C15H24N2O.C2H6/c1-12(2)14(13-8-6-5-7-9-13)15(18)16-10-11-17(3)4;1-2/h5-9,12,14H,10-11H2,1-4H3,(H,16,18);1-2H3. The van der Waals surface area contributed by atoms with E-state index in [0.29, 0.717) is 12.5 Å². The van der Waals surface area contributed by atoms with Crippen LogP contribution in [0.5, 0.6) is 0 Å². The second-order valence-corrected chi connectivity index (χ2v) is 5.23. The Hall–Kier alpha value is -1.35. The molecule has 1 rings (SSSR count). The Labute approximate surface area is 124 Å². The third-order valence-electron chi connectivity index (χ3n) is 2.97. The normalized spacial score (nSPS) is 11.8. The van der Waals surface area contributed by atoms with Crippen LogP contribution in [-0.2, 0) is 4.79 Å². The van der Waals surface area contributed by atoms with E-state index in [9.17, 15) is 4.79 Å². The van der Waals surface area contributed by atoms with Crippen molar-refractivity contribution in [1.82, 2.24) is 10.2 Å². The molecule has 0 aliphatic rings. The first-order valence-electron chi connectivity index (χ1n) is 7.49. The summed E-state index contributed by atoms with van der Waals surface area (Å²) in [6, 6.07) is 9.99. The minimum absolute atomic E-state index is 0.0617. The highest BCUT2D eigenvalue weighted by Gasteiger charge is 2.23. The molecule has 1 amide bonds. The minimum atomic E-state index is -0.0617. The molecule has 1 N–H and O–H groups in total. The summed E-state index contributed by atoms with van der Waals surface area (Å²) in [6.45, 7) is 9.74. The van der Waals surface area contributed by atoms with Gasteiger partial charge in [-0.1, -0.05) is 58.0 Å². The van der Waals surface area contributed by atoms with Crippen LogP contribution in [0.3, 0.4) is 0 Å². The molecule has 114 valence electrons. The molecule has 1 aromatic carbocycles. The van der Waals surface area contributed by atoms with Crippen LogP contribution >= 0.6 is 0 Å². The maximum atomic E-state index is 12.2. The molecule has 0 saturated heterocycles. The zero-order chi connectivity index (χ0) is 15.5. The lowest BCUT2D eigenvalue weighted by atomic mass is 9.88. The number of amides is 1. The van der Waals surface area contributed by atoms with Gasteiger partial charge in [0.2, 0.25) is 5.91 Å². The lowest BCUT2D eigenvalue weighted by Gasteiger charge is -2.21. The Morgan fingerprint density at radius 1 is 1.15 bits per heavy atom. The molecule has 0 fully saturated rings. The number of benzene rings is 1. The third kappa shape index (κ3) is 6.71. The highest BCUT2D eigenvalue weighted by molar-refractivity contribution is 5.83. The Morgan fingerprint density at radius 2 is 1.70 bits per heavy atom. The average molecular weight is 278 g/mol. The molecule has 20 heavy (non-hydrogen) atoms. The van der Waals surface area contributed by atoms with Gasteiger partial charge in [-0.15, -0.1) is 0 Å². The molecule has 1 aromatic rings. The molecular weight excluding hydrogens is 248 g/mol. The van der Waals surface area contributed by atoms with Crippen LogP contribution in [0.25, 0.3) is 0 Å². The predicted molar refractivity (Wildman–Crippen MR) is 86.9 cm³/mol. The summed E-state index contributed by atoms with van der Waals surface area (Å²) < 4.78 is 0. The topological polar surface area (TPSA) is 32.3 Å². The summed E-state index contributed by atoms with van der Waals surface area (Å²) in [5.74, 6) is 0.359. The Balaban J connectivity index is 0.00000172. The van der Waals surface area contributed by atoms with Crippen molar-refractivity contribution in [2.75, 3.05) is 27.2 Å². The van der Waals surface area contributed by atoms with E-state index in [-0.39, 0.29) is 11.8 Å². The smallest absolute Gasteiger partial charge is 0.227 e. The van der Waals surface area contributed by atoms with E-state index in [1.807, 2.05) is 58.3 Å². The molecule has 0 radical (unpaired) electrons. The SMILES string of the molecule is CC.CC(C)C(C(=O)NCCN(C)C)c1ccccc1. The highest BCUT2D eigenvalue weighted by atomic mass is 16.1. The average Bonchev–Trinajstić information content (AvgIpc) is 2.41. The number of carbonyl (C=O) groups is 1. The summed E-state index contributed by atoms with van der Waals surface area (Å²) in [4.78, 5) is 14.3. The second kappa shape index (κ2) is 10.4. The minimum Gasteiger partial charge on any atom is -0.354 e. The van der Waals surface area contributed by atoms with E-state index in [1.165, 1.54) is 0 Å². The van der Waals surface area contributed by atoms with E-state index in [1.54, 1.807) is 0 Å². The van der Waals surface area contributed by atoms with Crippen LogP contribution in [0, 0.1) is 5.92 Å². The number of nitrogens with zero attached hydrogens (tertiary/aromatic N) is 1. The first-order valence-corrected chi connectivity index (χ1v) is 7.49. The van der Waals surface area contributed by atoms with Crippen LogP contribution < -0.4 is 5.32 Å². The van der Waals surface area contributed by atoms with Crippen molar-refractivity contribution in [3.8, 4) is 0 Å². The zero-order valence-corrected chi connectivity index (χ0v) is 13.8. The lowest BCUT2D eigenvalue weighted by molar-refractivity contribution is -0.123. The van der Waals surface area contributed by atoms with Gasteiger partial charge in [-0.25, -0.2) is 0 Å². The van der Waals surface area contributed by atoms with E-state index in [0.717, 1.165) is 12.1 Å². The van der Waals surface area contributed by atoms with Crippen molar-refractivity contribution < 1.29 is 4.79 Å². The van der Waals surface area contributed by atoms with Crippen molar-refractivity contribution >= 4 is 5.91 Å². The van der Waals surface area contributed by atoms with Crippen LogP contribution in [0.15, 0.2) is 30.3 Å². The van der Waals surface area contributed by atoms with E-state index in [2.05, 4.69) is 24.1 Å². The third-order valence-corrected chi connectivity index (χ3v) is 2.97. The summed E-state index contributed by atoms with van der Waals surface area (Å²) in [5, 5.41) is 3.01. The van der Waals surface area contributed by atoms with E-state index < -0.39 is 0 Å². The zero-order valence-electron chi connectivity index (χ0n) is 13.8. The van der Waals surface area contributed by atoms with Crippen molar-refractivity contribution in [3.05, 3.63) is 35.9 Å². The fourth-order valence-electron chi connectivity index (χ4n) is 2.01. The van der Waals surface area contributed by atoms with E-state index in [4.69, 9.17) is 0 Å². The number of likely N-dealkylation sites (N-methyl/N-ethyl adjacent to an activating group) is 1. The van der Waals surface area contributed by atoms with Crippen LogP contribution in [0.2, 0.25) is 0 Å². The number of rotatable bonds is 6. The van der Waals surface area contributed by atoms with Gasteiger partial charge in [-0.05, 0) is 25.6 Å². The molecule has 0 aliphatic heterocycles. The largest absolute Gasteiger partial charge is 0.354 e. The monoisotopic (exact) mass is 278 g/mol. The molecule has 0 saturated carbocycles. The number of hydrogen-bond donors (Lipinski definition) is 1. The number of nitrogens with one attached hydrogen (secondary N) is 1. The van der Waals surface area contributed by atoms with Gasteiger partial charge in [0.05, 0.1) is 5.92 Å². The summed E-state index contributed by atoms with van der Waals surface area (Å²) >= 11 is 0. The predicted octanol–water partition coefficient (Wildman–Crippen LogP) is 3.13. The molecule has 0 heterocycles. The maximum absolute atomic E-state index is 12.2. The van der Waals surface area contributed by atoms with Gasteiger partial charge in [0.15, 0.2) is 0 Å². The van der Waals surface area contributed by atoms with Crippen LogP contribution in [0.4, 0.5) is 0 Å². The number of carbonyl (C=O) groups excluding carboxylic acids is 1. The van der Waals surface area contributed by atoms with Crippen molar-refractivity contribution in [2.24, 2.45) is 5.92 Å². The summed E-state index contributed by atoms with van der Waals surface area (Å²) in [5.41, 5.74) is 1.09. The van der Waals surface area contributed by atoms with Crippen LogP contribution in [-0.4, -0.2) is 38.0 Å². The van der Waals surface area contributed by atoms with Gasteiger partial charge in [0, 0.05) is 13.1 Å². The number of hydrogen-bond acceptors (Lipinski definition) is 2. The van der Waals surface area contributed by atoms with Gasteiger partial charge >= 0.3 is 0 Å². The Kier molecular flexibility index (Phi) is 9.73. The highest BCUT2D eigenvalue weighted by Crippen LogP contribution is 2.24. The van der Waals surface area contributed by atoms with E-state index >= 15 is 0 Å². The molecule has 0 spiro atoms. The second-order valence-electron chi connectivity index (χ2n) is 5.23.